The number of aromatic nitrogens is 1. The zero-order chi connectivity index (χ0) is 21.0. The van der Waals surface area contributed by atoms with Gasteiger partial charge in [-0.2, -0.15) is 0 Å². The lowest BCUT2D eigenvalue weighted by atomic mass is 10.0. The smallest absolute Gasteiger partial charge is 0.327 e. The molecule has 1 saturated heterocycles. The number of carbonyl (C=O) groups is 2. The molecule has 1 aromatic carbocycles. The van der Waals surface area contributed by atoms with E-state index in [0.717, 1.165) is 22.6 Å². The lowest BCUT2D eigenvalue weighted by Crippen LogP contribution is -2.51. The van der Waals surface area contributed by atoms with Crippen molar-refractivity contribution in [1.82, 2.24) is 15.0 Å². The molecular formula is C21H26ClN3O4. The largest absolute Gasteiger partial charge is 0.468 e. The van der Waals surface area contributed by atoms with Crippen LogP contribution in [0, 0.1) is 13.8 Å². The number of benzene rings is 1. The normalized spacial score (nSPS) is 15.9. The molecule has 0 N–H and O–H groups in total. The summed E-state index contributed by atoms with van der Waals surface area (Å²) in [6, 6.07) is 6.71. The van der Waals surface area contributed by atoms with Gasteiger partial charge in [0.1, 0.15) is 11.8 Å². The lowest BCUT2D eigenvalue weighted by molar-refractivity contribution is -0.148. The first-order chi connectivity index (χ1) is 13.9. The zero-order valence-corrected chi connectivity index (χ0v) is 17.7. The highest BCUT2D eigenvalue weighted by atomic mass is 35.5. The Morgan fingerprint density at radius 1 is 1.21 bits per heavy atom. The quantitative estimate of drug-likeness (QED) is 0.670. The minimum Gasteiger partial charge on any atom is -0.468 e. The molecule has 7 nitrogen and oxygen atoms in total. The van der Waals surface area contributed by atoms with E-state index in [-0.39, 0.29) is 11.9 Å². The number of hydrogen-bond acceptors (Lipinski definition) is 6. The molecule has 1 atom stereocenters. The summed E-state index contributed by atoms with van der Waals surface area (Å²) in [6.07, 6.45) is 1.03. The Bertz CT molecular complexity index is 855. The standard InChI is InChI=1S/C21H26ClN3O4/c1-14-16(15(2)29-23-14)8-9-19(26)24-10-12-25(13-11-24)20(21(27)28-3)17-6-4-5-7-18(17)22/h4-7,20H,8-13H2,1-3H3/t20-/m0/s1. The molecule has 0 radical (unpaired) electrons. The summed E-state index contributed by atoms with van der Waals surface area (Å²) in [5.74, 6) is 0.508. The maximum Gasteiger partial charge on any atom is 0.327 e. The summed E-state index contributed by atoms with van der Waals surface area (Å²) in [5.41, 5.74) is 2.56. The van der Waals surface area contributed by atoms with Crippen LogP contribution in [0.3, 0.4) is 0 Å². The van der Waals surface area contributed by atoms with Crippen molar-refractivity contribution in [1.29, 1.82) is 0 Å². The maximum absolute atomic E-state index is 12.7. The van der Waals surface area contributed by atoms with Gasteiger partial charge in [0.15, 0.2) is 0 Å². The number of nitrogens with zero attached hydrogens (tertiary/aromatic N) is 3. The van der Waals surface area contributed by atoms with Crippen LogP contribution in [0.15, 0.2) is 28.8 Å². The molecule has 1 aromatic heterocycles. The number of rotatable bonds is 6. The number of amides is 1. The second kappa shape index (κ2) is 9.41. The van der Waals surface area contributed by atoms with E-state index in [9.17, 15) is 9.59 Å². The number of esters is 1. The number of piperazine rings is 1. The molecule has 29 heavy (non-hydrogen) atoms. The number of methoxy groups -OCH3 is 1. The van der Waals surface area contributed by atoms with E-state index in [4.69, 9.17) is 20.9 Å². The highest BCUT2D eigenvalue weighted by Gasteiger charge is 2.33. The fourth-order valence-corrected chi connectivity index (χ4v) is 4.00. The van der Waals surface area contributed by atoms with Crippen molar-refractivity contribution in [2.75, 3.05) is 33.3 Å². The molecule has 1 aliphatic heterocycles. The van der Waals surface area contributed by atoms with Crippen LogP contribution < -0.4 is 0 Å². The molecule has 0 spiro atoms. The molecule has 3 rings (SSSR count). The van der Waals surface area contributed by atoms with Crippen molar-refractivity contribution in [2.45, 2.75) is 32.7 Å². The van der Waals surface area contributed by atoms with Gasteiger partial charge in [-0.05, 0) is 31.9 Å². The SMILES string of the molecule is COC(=O)[C@H](c1ccccc1Cl)N1CCN(C(=O)CCc2c(C)noc2C)CC1. The van der Waals surface area contributed by atoms with Gasteiger partial charge in [-0.25, -0.2) is 4.79 Å². The van der Waals surface area contributed by atoms with Crippen molar-refractivity contribution in [3.8, 4) is 0 Å². The second-order valence-corrected chi connectivity index (χ2v) is 7.57. The predicted molar refractivity (Wildman–Crippen MR) is 109 cm³/mol. The Morgan fingerprint density at radius 2 is 1.90 bits per heavy atom. The summed E-state index contributed by atoms with van der Waals surface area (Å²) < 4.78 is 10.2. The highest BCUT2D eigenvalue weighted by molar-refractivity contribution is 6.31. The first-order valence-electron chi connectivity index (χ1n) is 9.68. The second-order valence-electron chi connectivity index (χ2n) is 7.17. The van der Waals surface area contributed by atoms with Gasteiger partial charge in [-0.15, -0.1) is 0 Å². The van der Waals surface area contributed by atoms with Gasteiger partial charge in [0.2, 0.25) is 5.91 Å². The Balaban J connectivity index is 1.61. The van der Waals surface area contributed by atoms with Gasteiger partial charge in [0, 0.05) is 43.2 Å². The molecule has 2 aromatic rings. The molecule has 8 heteroatoms. The molecule has 0 unspecified atom stereocenters. The Morgan fingerprint density at radius 3 is 2.48 bits per heavy atom. The minimum absolute atomic E-state index is 0.0945. The Hall–Kier alpha value is -2.38. The van der Waals surface area contributed by atoms with Crippen LogP contribution in [0.4, 0.5) is 0 Å². The van der Waals surface area contributed by atoms with Gasteiger partial charge < -0.3 is 14.2 Å². The fraction of sp³-hybridized carbons (Fsp3) is 0.476. The third kappa shape index (κ3) is 4.79. The minimum atomic E-state index is -0.576. The molecule has 0 bridgehead atoms. The van der Waals surface area contributed by atoms with Crippen LogP contribution in [-0.4, -0.2) is 60.1 Å². The number of aryl methyl sites for hydroxylation is 2. The van der Waals surface area contributed by atoms with Gasteiger partial charge in [-0.1, -0.05) is 35.0 Å². The average molecular weight is 420 g/mol. The van der Waals surface area contributed by atoms with Crippen LogP contribution >= 0.6 is 11.6 Å². The van der Waals surface area contributed by atoms with E-state index >= 15 is 0 Å². The van der Waals surface area contributed by atoms with Gasteiger partial charge >= 0.3 is 5.97 Å². The Labute approximate surface area is 175 Å². The van der Waals surface area contributed by atoms with Crippen molar-refractivity contribution in [2.24, 2.45) is 0 Å². The van der Waals surface area contributed by atoms with E-state index in [1.807, 2.05) is 41.8 Å². The van der Waals surface area contributed by atoms with Crippen LogP contribution in [0.25, 0.3) is 0 Å². The molecule has 1 amide bonds. The first kappa shape index (κ1) is 21.3. The predicted octanol–water partition coefficient (Wildman–Crippen LogP) is 2.94. The van der Waals surface area contributed by atoms with Gasteiger partial charge in [0.25, 0.3) is 0 Å². The molecular weight excluding hydrogens is 394 g/mol. The average Bonchev–Trinajstić information content (AvgIpc) is 3.05. The third-order valence-corrected chi connectivity index (χ3v) is 5.77. The molecule has 0 aliphatic carbocycles. The van der Waals surface area contributed by atoms with Crippen molar-refractivity contribution >= 4 is 23.5 Å². The summed E-state index contributed by atoms with van der Waals surface area (Å²) in [4.78, 5) is 29.0. The monoisotopic (exact) mass is 419 g/mol. The molecule has 1 fully saturated rings. The van der Waals surface area contributed by atoms with Gasteiger partial charge in [0.05, 0.1) is 12.8 Å². The van der Waals surface area contributed by atoms with Crippen molar-refractivity contribution in [3.63, 3.8) is 0 Å². The summed E-state index contributed by atoms with van der Waals surface area (Å²) >= 11 is 6.32. The number of halogens is 1. The number of hydrogen-bond donors (Lipinski definition) is 0. The number of ether oxygens (including phenoxy) is 1. The fourth-order valence-electron chi connectivity index (χ4n) is 3.76. The summed E-state index contributed by atoms with van der Waals surface area (Å²) in [6.45, 7) is 6.00. The molecule has 1 aliphatic rings. The molecule has 0 saturated carbocycles. The van der Waals surface area contributed by atoms with E-state index in [0.29, 0.717) is 44.0 Å². The van der Waals surface area contributed by atoms with Crippen LogP contribution in [0.2, 0.25) is 5.02 Å². The van der Waals surface area contributed by atoms with Crippen molar-refractivity contribution in [3.05, 3.63) is 51.9 Å². The maximum atomic E-state index is 12.7. The van der Waals surface area contributed by atoms with E-state index in [2.05, 4.69) is 5.16 Å². The molecule has 156 valence electrons. The topological polar surface area (TPSA) is 75.9 Å². The van der Waals surface area contributed by atoms with Crippen LogP contribution in [-0.2, 0) is 20.7 Å². The van der Waals surface area contributed by atoms with Gasteiger partial charge in [-0.3, -0.25) is 9.69 Å². The summed E-state index contributed by atoms with van der Waals surface area (Å²) in [7, 11) is 1.38. The first-order valence-corrected chi connectivity index (χ1v) is 10.1. The van der Waals surface area contributed by atoms with Crippen molar-refractivity contribution < 1.29 is 18.8 Å². The third-order valence-electron chi connectivity index (χ3n) is 5.43. The van der Waals surface area contributed by atoms with E-state index in [1.165, 1.54) is 7.11 Å². The van der Waals surface area contributed by atoms with E-state index in [1.54, 1.807) is 6.07 Å². The molecule has 2 heterocycles. The van der Waals surface area contributed by atoms with Crippen LogP contribution in [0.5, 0.6) is 0 Å². The number of carbonyl (C=O) groups excluding carboxylic acids is 2. The summed E-state index contributed by atoms with van der Waals surface area (Å²) in [5, 5.41) is 4.46. The Kier molecular flexibility index (Phi) is 6.92. The lowest BCUT2D eigenvalue weighted by Gasteiger charge is -2.38. The van der Waals surface area contributed by atoms with E-state index < -0.39 is 6.04 Å². The highest BCUT2D eigenvalue weighted by Crippen LogP contribution is 2.29. The zero-order valence-electron chi connectivity index (χ0n) is 17.0. The van der Waals surface area contributed by atoms with Crippen LogP contribution in [0.1, 0.15) is 35.0 Å².